The average molecular weight is 491 g/mol. The van der Waals surface area contributed by atoms with Crippen molar-refractivity contribution in [3.05, 3.63) is 23.3 Å². The summed E-state index contributed by atoms with van der Waals surface area (Å²) in [5, 5.41) is 28.4. The van der Waals surface area contributed by atoms with E-state index in [4.69, 9.17) is 14.7 Å². The van der Waals surface area contributed by atoms with Gasteiger partial charge in [0.15, 0.2) is 17.6 Å². The van der Waals surface area contributed by atoms with Crippen LogP contribution in [-0.2, 0) is 16.7 Å². The molecule has 1 saturated heterocycles. The summed E-state index contributed by atoms with van der Waals surface area (Å²) < 4.78 is 6.65. The number of aromatic hydroxyl groups is 1. The molecule has 36 heavy (non-hydrogen) atoms. The predicted octanol–water partition coefficient (Wildman–Crippen LogP) is 4.30. The van der Waals surface area contributed by atoms with E-state index in [9.17, 15) is 10.2 Å². The largest absolute Gasteiger partial charge is 0.504 e. The first-order valence-electron chi connectivity index (χ1n) is 14.7. The molecule has 0 aromatic heterocycles. The number of hydrogen-bond acceptors (Lipinski definition) is 6. The second-order valence-electron chi connectivity index (χ2n) is 14.0. The summed E-state index contributed by atoms with van der Waals surface area (Å²) in [7, 11) is 0. The molecule has 2 heterocycles. The highest BCUT2D eigenvalue weighted by Gasteiger charge is 2.73. The topological polar surface area (TPSA) is 74.5 Å². The van der Waals surface area contributed by atoms with Gasteiger partial charge in [0.05, 0.1) is 16.7 Å². The standard InChI is InChI=1S/C30H38N2O4/c33-23-4-3-21-12-24-30(34)6-5-22(31-36-28-13-18-9-19(14-28)11-20(10-18)15-28)27-29(30,25(21)26(23)35-27)7-8-32(24)16-17-1-2-17/h3-4,17-20,24,27,33-34H,1-2,5-16H2/t18?,19?,20?,24-,27+,28?,29+,30?/m1/s1. The molecule has 2 N–H and O–H groups in total. The molecule has 192 valence electrons. The number of oxime groups is 1. The lowest BCUT2D eigenvalue weighted by atomic mass is 9.49. The molecule has 4 atom stereocenters. The molecule has 1 aromatic rings. The van der Waals surface area contributed by atoms with Crippen molar-refractivity contribution in [2.45, 2.75) is 106 Å². The fourth-order valence-electron chi connectivity index (χ4n) is 10.7. The Bertz CT molecular complexity index is 1140. The van der Waals surface area contributed by atoms with Gasteiger partial charge in [-0.1, -0.05) is 11.2 Å². The lowest BCUT2D eigenvalue weighted by Gasteiger charge is -2.63. The summed E-state index contributed by atoms with van der Waals surface area (Å²) >= 11 is 0. The Hall–Kier alpha value is -1.79. The fourth-order valence-corrected chi connectivity index (χ4v) is 10.7. The third kappa shape index (κ3) is 2.58. The molecule has 0 radical (unpaired) electrons. The van der Waals surface area contributed by atoms with Crippen molar-refractivity contribution in [2.75, 3.05) is 13.1 Å². The summed E-state index contributed by atoms with van der Waals surface area (Å²) in [6.45, 7) is 2.08. The van der Waals surface area contributed by atoms with Crippen LogP contribution >= 0.6 is 0 Å². The minimum atomic E-state index is -0.865. The number of aliphatic hydroxyl groups is 1. The number of ether oxygens (including phenoxy) is 1. The first-order valence-corrected chi connectivity index (χ1v) is 14.7. The van der Waals surface area contributed by atoms with Gasteiger partial charge in [0.2, 0.25) is 0 Å². The van der Waals surface area contributed by atoms with Gasteiger partial charge in [-0.05, 0) is 119 Å². The zero-order chi connectivity index (χ0) is 23.9. The Morgan fingerprint density at radius 3 is 2.53 bits per heavy atom. The predicted molar refractivity (Wildman–Crippen MR) is 134 cm³/mol. The van der Waals surface area contributed by atoms with Gasteiger partial charge in [0.1, 0.15) is 5.60 Å². The number of likely N-dealkylation sites (tertiary alicyclic amines) is 1. The van der Waals surface area contributed by atoms with Gasteiger partial charge < -0.3 is 19.8 Å². The molecule has 9 aliphatic rings. The Labute approximate surface area is 213 Å². The van der Waals surface area contributed by atoms with Crippen LogP contribution < -0.4 is 4.74 Å². The van der Waals surface area contributed by atoms with Gasteiger partial charge in [-0.15, -0.1) is 0 Å². The third-order valence-electron chi connectivity index (χ3n) is 11.9. The van der Waals surface area contributed by atoms with E-state index in [0.29, 0.717) is 18.6 Å². The number of piperidine rings is 1. The number of rotatable bonds is 4. The second-order valence-corrected chi connectivity index (χ2v) is 14.0. The fraction of sp³-hybridized carbons (Fsp3) is 0.767. The monoisotopic (exact) mass is 490 g/mol. The van der Waals surface area contributed by atoms with E-state index < -0.39 is 11.0 Å². The van der Waals surface area contributed by atoms with Gasteiger partial charge >= 0.3 is 0 Å². The third-order valence-corrected chi connectivity index (χ3v) is 11.9. The molecule has 1 aromatic carbocycles. The van der Waals surface area contributed by atoms with Crippen molar-refractivity contribution in [1.29, 1.82) is 0 Å². The molecule has 6 bridgehead atoms. The molecule has 10 rings (SSSR count). The second kappa shape index (κ2) is 6.79. The first-order chi connectivity index (χ1) is 17.5. The van der Waals surface area contributed by atoms with Gasteiger partial charge in [-0.3, -0.25) is 4.90 Å². The average Bonchev–Trinajstić information content (AvgIpc) is 3.58. The Morgan fingerprint density at radius 2 is 1.81 bits per heavy atom. The highest BCUT2D eigenvalue weighted by atomic mass is 16.7. The maximum atomic E-state index is 12.6. The number of phenolic OH excluding ortho intramolecular Hbond substituents is 1. The van der Waals surface area contributed by atoms with Crippen molar-refractivity contribution in [3.63, 3.8) is 0 Å². The van der Waals surface area contributed by atoms with Crippen molar-refractivity contribution in [1.82, 2.24) is 4.90 Å². The Balaban J connectivity index is 1.11. The first kappa shape index (κ1) is 21.2. The highest BCUT2D eigenvalue weighted by molar-refractivity contribution is 5.94. The van der Waals surface area contributed by atoms with Crippen LogP contribution in [0, 0.1) is 23.7 Å². The molecule has 7 aliphatic carbocycles. The summed E-state index contributed by atoms with van der Waals surface area (Å²) in [4.78, 5) is 9.19. The van der Waals surface area contributed by atoms with Crippen LogP contribution in [0.3, 0.4) is 0 Å². The van der Waals surface area contributed by atoms with Crippen LogP contribution in [0.15, 0.2) is 17.3 Å². The minimum absolute atomic E-state index is 0.0886. The van der Waals surface area contributed by atoms with E-state index >= 15 is 0 Å². The van der Waals surface area contributed by atoms with Crippen LogP contribution in [0.2, 0.25) is 0 Å². The molecular weight excluding hydrogens is 452 g/mol. The molecule has 1 unspecified atom stereocenters. The van der Waals surface area contributed by atoms with Gasteiger partial charge in [-0.25, -0.2) is 0 Å². The van der Waals surface area contributed by atoms with Gasteiger partial charge in [-0.2, -0.15) is 0 Å². The summed E-state index contributed by atoms with van der Waals surface area (Å²) in [5.74, 6) is 4.02. The van der Waals surface area contributed by atoms with Crippen LogP contribution in [0.4, 0.5) is 0 Å². The number of nitrogens with zero attached hydrogens (tertiary/aromatic N) is 2. The van der Waals surface area contributed by atoms with E-state index in [1.54, 1.807) is 6.07 Å². The number of hydrogen-bond donors (Lipinski definition) is 2. The lowest BCUT2D eigenvalue weighted by Crippen LogP contribution is -2.76. The van der Waals surface area contributed by atoms with Crippen molar-refractivity contribution >= 4 is 5.71 Å². The summed E-state index contributed by atoms with van der Waals surface area (Å²) in [5.41, 5.74) is 1.77. The minimum Gasteiger partial charge on any atom is -0.504 e. The van der Waals surface area contributed by atoms with Crippen LogP contribution in [-0.4, -0.2) is 57.3 Å². The number of phenols is 1. The van der Waals surface area contributed by atoms with Crippen LogP contribution in [0.25, 0.3) is 0 Å². The van der Waals surface area contributed by atoms with Crippen LogP contribution in [0.5, 0.6) is 11.5 Å². The molecule has 6 saturated carbocycles. The molecule has 6 nitrogen and oxygen atoms in total. The Kier molecular flexibility index (Phi) is 4.00. The molecule has 0 amide bonds. The van der Waals surface area contributed by atoms with Crippen LogP contribution in [0.1, 0.15) is 81.8 Å². The zero-order valence-electron chi connectivity index (χ0n) is 21.1. The smallest absolute Gasteiger partial charge is 0.166 e. The highest BCUT2D eigenvalue weighted by Crippen LogP contribution is 2.65. The van der Waals surface area contributed by atoms with E-state index in [0.717, 1.165) is 80.1 Å². The molecule has 1 spiro atoms. The summed E-state index contributed by atoms with van der Waals surface area (Å²) in [6.07, 6.45) is 13.0. The van der Waals surface area contributed by atoms with E-state index in [-0.39, 0.29) is 23.5 Å². The Morgan fingerprint density at radius 1 is 1.06 bits per heavy atom. The maximum Gasteiger partial charge on any atom is 0.166 e. The molecular formula is C30H38N2O4. The van der Waals surface area contributed by atoms with Crippen molar-refractivity contribution in [3.8, 4) is 11.5 Å². The van der Waals surface area contributed by atoms with Crippen molar-refractivity contribution < 1.29 is 19.8 Å². The molecule has 6 heteroatoms. The summed E-state index contributed by atoms with van der Waals surface area (Å²) in [6, 6.07) is 3.97. The van der Waals surface area contributed by atoms with Gasteiger partial charge in [0.25, 0.3) is 0 Å². The van der Waals surface area contributed by atoms with Gasteiger partial charge in [0, 0.05) is 18.2 Å². The number of benzene rings is 1. The quantitative estimate of drug-likeness (QED) is 0.616. The molecule has 2 aliphatic heterocycles. The van der Waals surface area contributed by atoms with E-state index in [1.807, 2.05) is 0 Å². The van der Waals surface area contributed by atoms with E-state index in [1.165, 1.54) is 37.7 Å². The lowest BCUT2D eigenvalue weighted by molar-refractivity contribution is -0.173. The maximum absolute atomic E-state index is 12.6. The zero-order valence-corrected chi connectivity index (χ0v) is 21.1. The van der Waals surface area contributed by atoms with Crippen molar-refractivity contribution in [2.24, 2.45) is 28.8 Å². The normalized spacial score (nSPS) is 48.7. The molecule has 7 fully saturated rings. The SMILES string of the molecule is Oc1ccc2c3c1O[C@H]1C(=NOC45CC6CC(CC(C6)C4)C5)CCC4(O)[C@@H](C2)N(CC2CC2)CC[C@]314. The van der Waals surface area contributed by atoms with E-state index in [2.05, 4.69) is 11.0 Å².